The highest BCUT2D eigenvalue weighted by atomic mass is 15.1. The van der Waals surface area contributed by atoms with Crippen molar-refractivity contribution in [1.29, 1.82) is 10.5 Å². The maximum Gasteiger partial charge on any atom is 0.236 e. The summed E-state index contributed by atoms with van der Waals surface area (Å²) in [5, 5.41) is 28.8. The second-order valence-electron chi connectivity index (χ2n) is 12.6. The van der Waals surface area contributed by atoms with Crippen LogP contribution in [0.1, 0.15) is 11.1 Å². The molecule has 0 radical (unpaired) electrons. The molecule has 0 fully saturated rings. The van der Waals surface area contributed by atoms with Crippen LogP contribution in [0.4, 0.5) is 5.69 Å². The molecule has 10 rings (SSSR count). The molecule has 7 aromatic carbocycles. The summed E-state index contributed by atoms with van der Waals surface area (Å²) < 4.78 is 6.14. The first-order chi connectivity index (χ1) is 25.2. The molecular formula is C45H24N6. The molecule has 0 aliphatic heterocycles. The third-order valence-corrected chi connectivity index (χ3v) is 10.1. The third-order valence-electron chi connectivity index (χ3n) is 10.1. The van der Waals surface area contributed by atoms with Crippen LogP contribution in [0.3, 0.4) is 0 Å². The zero-order chi connectivity index (χ0) is 34.2. The van der Waals surface area contributed by atoms with Crippen LogP contribution in [0, 0.1) is 29.2 Å². The molecule has 10 aromatic rings. The van der Waals surface area contributed by atoms with Gasteiger partial charge in [-0.2, -0.15) is 10.5 Å². The van der Waals surface area contributed by atoms with Crippen LogP contribution >= 0.6 is 0 Å². The highest BCUT2D eigenvalue weighted by Crippen LogP contribution is 2.48. The predicted molar refractivity (Wildman–Crippen MR) is 205 cm³/mol. The largest absolute Gasteiger partial charge is 0.318 e. The Morgan fingerprint density at radius 1 is 0.373 bits per heavy atom. The molecule has 0 saturated heterocycles. The molecule has 234 valence electrons. The van der Waals surface area contributed by atoms with E-state index in [1.807, 2.05) is 123 Å². The molecule has 0 atom stereocenters. The second kappa shape index (κ2) is 10.7. The Bertz CT molecular complexity index is 2710. The minimum Gasteiger partial charge on any atom is -0.318 e. The number of hydrogen-bond acceptors (Lipinski definition) is 2. The van der Waals surface area contributed by atoms with Crippen LogP contribution in [0.2, 0.25) is 0 Å². The van der Waals surface area contributed by atoms with E-state index in [9.17, 15) is 10.5 Å². The maximum absolute atomic E-state index is 11.4. The van der Waals surface area contributed by atoms with Gasteiger partial charge in [0.15, 0.2) is 0 Å². The number of aromatic nitrogens is 3. The molecule has 0 aliphatic carbocycles. The van der Waals surface area contributed by atoms with Crippen molar-refractivity contribution in [2.24, 2.45) is 0 Å². The molecule has 0 aliphatic rings. The summed E-state index contributed by atoms with van der Waals surface area (Å²) in [6.45, 7) is 8.89. The number of fused-ring (bicyclic) bond motifs is 9. The van der Waals surface area contributed by atoms with E-state index in [4.69, 9.17) is 6.57 Å². The summed E-state index contributed by atoms with van der Waals surface area (Å²) in [5.41, 5.74) is 7.25. The average Bonchev–Trinajstić information content (AvgIpc) is 3.82. The normalized spacial score (nSPS) is 11.5. The van der Waals surface area contributed by atoms with Crippen molar-refractivity contribution in [3.63, 3.8) is 0 Å². The number of hydrogen-bond donors (Lipinski definition) is 0. The first-order valence-corrected chi connectivity index (χ1v) is 16.6. The van der Waals surface area contributed by atoms with Gasteiger partial charge in [0.2, 0.25) is 5.69 Å². The van der Waals surface area contributed by atoms with Crippen LogP contribution < -0.4 is 0 Å². The number of nitriles is 2. The molecule has 0 saturated carbocycles. The zero-order valence-corrected chi connectivity index (χ0v) is 27.0. The number of benzene rings is 7. The first kappa shape index (κ1) is 28.4. The Hall–Kier alpha value is -7.59. The lowest BCUT2D eigenvalue weighted by molar-refractivity contribution is 1.08. The van der Waals surface area contributed by atoms with Crippen molar-refractivity contribution in [3.05, 3.63) is 168 Å². The summed E-state index contributed by atoms with van der Waals surface area (Å²) in [7, 11) is 0. The Labute approximate surface area is 291 Å². The summed E-state index contributed by atoms with van der Waals surface area (Å²) in [6.07, 6.45) is 0. The molecule has 0 spiro atoms. The maximum atomic E-state index is 11.4. The highest BCUT2D eigenvalue weighted by molar-refractivity contribution is 6.14. The van der Waals surface area contributed by atoms with Gasteiger partial charge in [0.25, 0.3) is 0 Å². The van der Waals surface area contributed by atoms with E-state index < -0.39 is 0 Å². The standard InChI is InChI=1S/C45H24N6/c1-48-42-44(50-38-22-10-4-16-30(38)31-17-5-11-23-39(31)50)34(26-46)43(49-36-20-8-2-14-28(36)29-15-3-9-21-37(29)49)35(27-47)45(42)51-40-24-12-6-18-32(40)33-19-7-13-25-41(33)51/h2-25H. The van der Waals surface area contributed by atoms with Gasteiger partial charge in [-0.3, -0.25) is 0 Å². The number of para-hydroxylation sites is 6. The van der Waals surface area contributed by atoms with E-state index in [1.54, 1.807) is 0 Å². The first-order valence-electron chi connectivity index (χ1n) is 16.6. The van der Waals surface area contributed by atoms with E-state index >= 15 is 0 Å². The molecule has 6 nitrogen and oxygen atoms in total. The molecule has 51 heavy (non-hydrogen) atoms. The summed E-state index contributed by atoms with van der Waals surface area (Å²) >= 11 is 0. The van der Waals surface area contributed by atoms with Gasteiger partial charge in [0.05, 0.1) is 67.9 Å². The van der Waals surface area contributed by atoms with E-state index in [0.717, 1.165) is 65.4 Å². The van der Waals surface area contributed by atoms with Gasteiger partial charge in [-0.1, -0.05) is 109 Å². The van der Waals surface area contributed by atoms with Crippen LogP contribution in [-0.2, 0) is 0 Å². The summed E-state index contributed by atoms with van der Waals surface area (Å²) in [5.74, 6) is 0. The molecule has 0 bridgehead atoms. The van der Waals surface area contributed by atoms with Crippen molar-refractivity contribution >= 4 is 71.1 Å². The lowest BCUT2D eigenvalue weighted by Gasteiger charge is -2.23. The van der Waals surface area contributed by atoms with Gasteiger partial charge in [-0.05, 0) is 36.4 Å². The van der Waals surface area contributed by atoms with Gasteiger partial charge in [0, 0.05) is 32.3 Å². The Balaban J connectivity index is 1.53. The van der Waals surface area contributed by atoms with E-state index in [0.29, 0.717) is 17.1 Å². The lowest BCUT2D eigenvalue weighted by atomic mass is 9.99. The van der Waals surface area contributed by atoms with E-state index in [2.05, 4.69) is 53.4 Å². The lowest BCUT2D eigenvalue weighted by Crippen LogP contribution is -2.11. The van der Waals surface area contributed by atoms with Crippen molar-refractivity contribution in [2.75, 3.05) is 0 Å². The van der Waals surface area contributed by atoms with Crippen molar-refractivity contribution in [2.45, 2.75) is 0 Å². The molecule has 3 aromatic heterocycles. The second-order valence-corrected chi connectivity index (χ2v) is 12.6. The molecular weight excluding hydrogens is 625 g/mol. The summed E-state index contributed by atoms with van der Waals surface area (Å²) in [4.78, 5) is 4.27. The topological polar surface area (TPSA) is 66.7 Å². The van der Waals surface area contributed by atoms with E-state index in [1.165, 1.54) is 0 Å². The molecule has 0 amide bonds. The fourth-order valence-electron chi connectivity index (χ4n) is 8.17. The van der Waals surface area contributed by atoms with Crippen molar-refractivity contribution < 1.29 is 0 Å². The van der Waals surface area contributed by atoms with Crippen molar-refractivity contribution in [3.8, 4) is 29.2 Å². The zero-order valence-electron chi connectivity index (χ0n) is 27.0. The van der Waals surface area contributed by atoms with E-state index in [-0.39, 0.29) is 16.8 Å². The SMILES string of the molecule is [C-]#[N+]c1c(-n2c3ccccc3c3ccccc32)c(C#N)c(-n2c3ccccc3c3ccccc32)c(C#N)c1-n1c2ccccc2c2ccccc21. The highest BCUT2D eigenvalue weighted by Gasteiger charge is 2.32. The fourth-order valence-corrected chi connectivity index (χ4v) is 8.17. The molecule has 0 N–H and O–H groups in total. The number of rotatable bonds is 3. The Morgan fingerprint density at radius 3 is 0.843 bits per heavy atom. The Morgan fingerprint density at radius 2 is 0.608 bits per heavy atom. The van der Waals surface area contributed by atoms with Gasteiger partial charge in [-0.15, -0.1) is 0 Å². The smallest absolute Gasteiger partial charge is 0.236 e. The van der Waals surface area contributed by atoms with Crippen LogP contribution in [-0.4, -0.2) is 13.7 Å². The van der Waals surface area contributed by atoms with Crippen LogP contribution in [0.25, 0.3) is 87.3 Å². The number of nitrogens with zero attached hydrogens (tertiary/aromatic N) is 6. The third kappa shape index (κ3) is 3.72. The predicted octanol–water partition coefficient (Wildman–Crippen LogP) is 11.3. The minimum atomic E-state index is 0.227. The van der Waals surface area contributed by atoms with Gasteiger partial charge in [-0.25, -0.2) is 4.85 Å². The van der Waals surface area contributed by atoms with Gasteiger partial charge >= 0.3 is 0 Å². The van der Waals surface area contributed by atoms with Gasteiger partial charge in [0.1, 0.15) is 12.1 Å². The molecule has 3 heterocycles. The molecule has 6 heteroatoms. The fraction of sp³-hybridized carbons (Fsp3) is 0. The minimum absolute atomic E-state index is 0.227. The monoisotopic (exact) mass is 648 g/mol. The quantitative estimate of drug-likeness (QED) is 0.179. The van der Waals surface area contributed by atoms with Crippen LogP contribution in [0.5, 0.6) is 0 Å². The molecule has 0 unspecified atom stereocenters. The van der Waals surface area contributed by atoms with Gasteiger partial charge < -0.3 is 13.7 Å². The average molecular weight is 649 g/mol. The Kier molecular flexibility index (Phi) is 5.97. The van der Waals surface area contributed by atoms with Crippen LogP contribution in [0.15, 0.2) is 146 Å². The summed E-state index contributed by atoms with van der Waals surface area (Å²) in [6, 6.07) is 53.6. The van der Waals surface area contributed by atoms with Crippen molar-refractivity contribution in [1.82, 2.24) is 13.7 Å².